The molecule has 1 aromatic heterocycles. The molecular weight excluding hydrogens is 486 g/mol. The number of nitrogens with one attached hydrogen (secondary N) is 1. The zero-order chi connectivity index (χ0) is 27.2. The largest absolute Gasteiger partial charge is 0.465 e. The lowest BCUT2D eigenvalue weighted by molar-refractivity contribution is -0.153. The number of amides is 2. The van der Waals surface area contributed by atoms with Crippen LogP contribution in [0.2, 0.25) is 0 Å². The Bertz CT molecular complexity index is 1240. The molecule has 0 spiro atoms. The molecule has 1 atom stereocenters. The maximum Gasteiger partial charge on any atom is 0.325 e. The Hall–Kier alpha value is -4.22. The van der Waals surface area contributed by atoms with E-state index in [4.69, 9.17) is 4.74 Å². The molecule has 2 amide bonds. The first-order valence-corrected chi connectivity index (χ1v) is 11.5. The van der Waals surface area contributed by atoms with Gasteiger partial charge in [0.2, 0.25) is 17.6 Å². The molecule has 0 aliphatic carbocycles. The van der Waals surface area contributed by atoms with Crippen molar-refractivity contribution in [3.8, 4) is 11.4 Å². The topological polar surface area (TPSA) is 119 Å². The molecule has 0 saturated carbocycles. The van der Waals surface area contributed by atoms with Crippen molar-refractivity contribution in [2.24, 2.45) is 0 Å². The van der Waals surface area contributed by atoms with Crippen LogP contribution in [0.3, 0.4) is 0 Å². The highest BCUT2D eigenvalue weighted by Crippen LogP contribution is 2.24. The smallest absolute Gasteiger partial charge is 0.325 e. The minimum absolute atomic E-state index is 0.0714. The van der Waals surface area contributed by atoms with E-state index in [0.29, 0.717) is 11.1 Å². The predicted molar refractivity (Wildman–Crippen MR) is 129 cm³/mol. The third kappa shape index (κ3) is 7.63. The lowest BCUT2D eigenvalue weighted by Gasteiger charge is -2.33. The summed E-state index contributed by atoms with van der Waals surface area (Å²) in [6.45, 7) is 5.97. The molecule has 12 heteroatoms. The number of rotatable bonds is 9. The summed E-state index contributed by atoms with van der Waals surface area (Å²) in [5.41, 5.74) is 0.113. The van der Waals surface area contributed by atoms with E-state index in [1.165, 1.54) is 36.4 Å². The summed E-state index contributed by atoms with van der Waals surface area (Å²) < 4.78 is 31.9. The minimum atomic E-state index is -1.28. The van der Waals surface area contributed by atoms with Gasteiger partial charge in [-0.3, -0.25) is 14.4 Å². The van der Waals surface area contributed by atoms with Gasteiger partial charge >= 0.3 is 5.97 Å². The number of halogens is 2. The first kappa shape index (κ1) is 27.4. The first-order valence-electron chi connectivity index (χ1n) is 11.5. The molecule has 0 bridgehead atoms. The number of carbonyl (C=O) groups excluding carboxylic acids is 3. The fourth-order valence-electron chi connectivity index (χ4n) is 3.46. The Labute approximate surface area is 212 Å². The van der Waals surface area contributed by atoms with Crippen LogP contribution >= 0.6 is 0 Å². The van der Waals surface area contributed by atoms with Crippen LogP contribution in [-0.4, -0.2) is 61.6 Å². The van der Waals surface area contributed by atoms with Crippen molar-refractivity contribution in [1.82, 2.24) is 30.4 Å². The van der Waals surface area contributed by atoms with Crippen molar-refractivity contribution in [2.45, 2.75) is 45.8 Å². The van der Waals surface area contributed by atoms with E-state index in [2.05, 4.69) is 20.7 Å². The van der Waals surface area contributed by atoms with Crippen molar-refractivity contribution >= 4 is 17.8 Å². The minimum Gasteiger partial charge on any atom is -0.465 e. The van der Waals surface area contributed by atoms with Crippen LogP contribution in [0.4, 0.5) is 8.78 Å². The van der Waals surface area contributed by atoms with Crippen LogP contribution in [0.15, 0.2) is 48.5 Å². The van der Waals surface area contributed by atoms with Gasteiger partial charge in [0.1, 0.15) is 30.8 Å². The van der Waals surface area contributed by atoms with Crippen LogP contribution < -0.4 is 5.32 Å². The summed E-state index contributed by atoms with van der Waals surface area (Å²) >= 11 is 0. The summed E-state index contributed by atoms with van der Waals surface area (Å²) in [5, 5.41) is 14.7. The predicted octanol–water partition coefficient (Wildman–Crippen LogP) is 2.67. The molecule has 2 aromatic carbocycles. The third-order valence-corrected chi connectivity index (χ3v) is 5.00. The highest BCUT2D eigenvalue weighted by molar-refractivity contribution is 5.91. The summed E-state index contributed by atoms with van der Waals surface area (Å²) in [6, 6.07) is 9.19. The highest BCUT2D eigenvalue weighted by Gasteiger charge is 2.35. The molecule has 37 heavy (non-hydrogen) atoms. The van der Waals surface area contributed by atoms with Gasteiger partial charge in [0, 0.05) is 11.1 Å². The molecule has 0 aliphatic rings. The van der Waals surface area contributed by atoms with E-state index >= 15 is 0 Å². The lowest BCUT2D eigenvalue weighted by Crippen LogP contribution is -2.51. The Morgan fingerprint density at radius 1 is 1.03 bits per heavy atom. The van der Waals surface area contributed by atoms with Gasteiger partial charge in [0.15, 0.2) is 0 Å². The molecule has 3 aromatic rings. The van der Waals surface area contributed by atoms with Gasteiger partial charge in [-0.1, -0.05) is 12.1 Å². The van der Waals surface area contributed by atoms with Crippen LogP contribution in [0.25, 0.3) is 11.4 Å². The molecule has 0 fully saturated rings. The number of carbonyl (C=O) groups is 3. The van der Waals surface area contributed by atoms with Crippen molar-refractivity contribution < 1.29 is 27.9 Å². The zero-order valence-electron chi connectivity index (χ0n) is 20.9. The quantitative estimate of drug-likeness (QED) is 0.436. The van der Waals surface area contributed by atoms with E-state index < -0.39 is 54.1 Å². The Morgan fingerprint density at radius 3 is 2.19 bits per heavy atom. The molecule has 196 valence electrons. The highest BCUT2D eigenvalue weighted by atomic mass is 19.1. The number of nitrogens with zero attached hydrogens (tertiary/aromatic N) is 5. The number of aromatic nitrogens is 4. The number of ether oxygens (including phenoxy) is 1. The molecule has 0 saturated heterocycles. The molecule has 3 rings (SSSR count). The van der Waals surface area contributed by atoms with E-state index in [1.807, 2.05) is 0 Å². The Kier molecular flexibility index (Phi) is 8.64. The first-order chi connectivity index (χ1) is 17.5. The van der Waals surface area contributed by atoms with E-state index in [0.717, 1.165) is 21.8 Å². The van der Waals surface area contributed by atoms with Crippen LogP contribution in [0.1, 0.15) is 39.3 Å². The van der Waals surface area contributed by atoms with Crippen LogP contribution in [-0.2, 0) is 25.7 Å². The van der Waals surface area contributed by atoms with E-state index in [9.17, 15) is 23.2 Å². The van der Waals surface area contributed by atoms with Crippen LogP contribution in [0, 0.1) is 11.6 Å². The fourth-order valence-corrected chi connectivity index (χ4v) is 3.46. The van der Waals surface area contributed by atoms with Gasteiger partial charge in [-0.05, 0) is 74.9 Å². The molecule has 0 radical (unpaired) electrons. The number of hydrogen-bond donors (Lipinski definition) is 1. The average molecular weight is 515 g/mol. The second-order valence-corrected chi connectivity index (χ2v) is 9.17. The van der Waals surface area contributed by atoms with Gasteiger partial charge in [0.05, 0.1) is 6.61 Å². The fraction of sp³-hybridized carbons (Fsp3) is 0.360. The third-order valence-electron chi connectivity index (χ3n) is 5.00. The van der Waals surface area contributed by atoms with E-state index in [1.54, 1.807) is 27.7 Å². The molecule has 1 N–H and O–H groups in total. The summed E-state index contributed by atoms with van der Waals surface area (Å²) in [5.74, 6) is -2.79. The standard InChI is InChI=1S/C25H28F2N6O4/c1-5-37-21(35)15-32(22(24(36)28-25(2,3)4)16-6-10-18(26)11-7-16)20(34)14-33-30-23(29-31-33)17-8-12-19(27)13-9-17/h6-13,22H,5,14-15H2,1-4H3,(H,28,36)/t22-/m0/s1. The van der Waals surface area contributed by atoms with Crippen molar-refractivity contribution in [3.05, 3.63) is 65.7 Å². The molecular formula is C25H28F2N6O4. The van der Waals surface area contributed by atoms with Gasteiger partial charge in [0.25, 0.3) is 0 Å². The van der Waals surface area contributed by atoms with Crippen molar-refractivity contribution in [3.63, 3.8) is 0 Å². The SMILES string of the molecule is CCOC(=O)CN(C(=O)Cn1nnc(-c2ccc(F)cc2)n1)[C@H](C(=O)NC(C)(C)C)c1ccc(F)cc1. The number of hydrogen-bond acceptors (Lipinski definition) is 7. The number of tetrazole rings is 1. The molecule has 0 aliphatic heterocycles. The molecule has 0 unspecified atom stereocenters. The monoisotopic (exact) mass is 514 g/mol. The molecule has 10 nitrogen and oxygen atoms in total. The van der Waals surface area contributed by atoms with Gasteiger partial charge in [-0.25, -0.2) is 8.78 Å². The normalized spacial score (nSPS) is 12.1. The Balaban J connectivity index is 1.95. The van der Waals surface area contributed by atoms with Gasteiger partial charge in [-0.2, -0.15) is 4.80 Å². The second-order valence-electron chi connectivity index (χ2n) is 9.17. The van der Waals surface area contributed by atoms with E-state index in [-0.39, 0.29) is 12.4 Å². The van der Waals surface area contributed by atoms with Crippen LogP contribution in [0.5, 0.6) is 0 Å². The summed E-state index contributed by atoms with van der Waals surface area (Å²) in [4.78, 5) is 41.3. The maximum absolute atomic E-state index is 13.6. The number of esters is 1. The lowest BCUT2D eigenvalue weighted by atomic mass is 10.0. The average Bonchev–Trinajstić information content (AvgIpc) is 3.27. The van der Waals surface area contributed by atoms with Gasteiger partial charge < -0.3 is 15.0 Å². The summed E-state index contributed by atoms with van der Waals surface area (Å²) in [7, 11) is 0. The molecule has 1 heterocycles. The number of benzene rings is 2. The summed E-state index contributed by atoms with van der Waals surface area (Å²) in [6.07, 6.45) is 0. The van der Waals surface area contributed by atoms with Crippen molar-refractivity contribution in [1.29, 1.82) is 0 Å². The van der Waals surface area contributed by atoms with Crippen molar-refractivity contribution in [2.75, 3.05) is 13.2 Å². The maximum atomic E-state index is 13.6. The van der Waals surface area contributed by atoms with Gasteiger partial charge in [-0.15, -0.1) is 10.2 Å². The Morgan fingerprint density at radius 2 is 1.62 bits per heavy atom. The zero-order valence-corrected chi connectivity index (χ0v) is 20.9. The second kappa shape index (κ2) is 11.7.